The van der Waals surface area contributed by atoms with E-state index in [0.29, 0.717) is 36.5 Å². The molecule has 3 aromatic rings. The Bertz CT molecular complexity index is 2140. The molecular weight excluding hydrogens is 861 g/mol. The fourth-order valence-electron chi connectivity index (χ4n) is 6.24. The molecule has 0 saturated carbocycles. The van der Waals surface area contributed by atoms with E-state index < -0.39 is 61.1 Å². The van der Waals surface area contributed by atoms with Crippen molar-refractivity contribution in [3.05, 3.63) is 132 Å². The summed E-state index contributed by atoms with van der Waals surface area (Å²) in [6.07, 6.45) is 12.9. The van der Waals surface area contributed by atoms with Crippen molar-refractivity contribution in [1.29, 1.82) is 0 Å². The molecule has 3 aromatic carbocycles. The van der Waals surface area contributed by atoms with Gasteiger partial charge in [-0.05, 0) is 91.6 Å². The summed E-state index contributed by atoms with van der Waals surface area (Å²) in [5.41, 5.74) is 3.60. The summed E-state index contributed by atoms with van der Waals surface area (Å²) in [5.74, 6) is -3.77. The van der Waals surface area contributed by atoms with E-state index in [9.17, 15) is 28.8 Å². The van der Waals surface area contributed by atoms with Crippen LogP contribution >= 0.6 is 0 Å². The number of carbonyl (C=O) groups is 6. The van der Waals surface area contributed by atoms with E-state index >= 15 is 0 Å². The average Bonchev–Trinajstić information content (AvgIpc) is 3.33. The van der Waals surface area contributed by atoms with Crippen LogP contribution in [-0.2, 0) is 76.6 Å². The number of rotatable bonds is 30. The van der Waals surface area contributed by atoms with Gasteiger partial charge in [-0.25, -0.2) is 28.8 Å². The summed E-state index contributed by atoms with van der Waals surface area (Å²) < 4.78 is 43.4. The highest BCUT2D eigenvalue weighted by atomic mass is 16.6. The Morgan fingerprint density at radius 2 is 1.06 bits per heavy atom. The molecule has 360 valence electrons. The summed E-state index contributed by atoms with van der Waals surface area (Å²) in [5, 5.41) is 0. The standard InChI is InChI=1S/C53H64O14/c1-8-9-10-11-12-13-15-40-17-19-41(20-18-40)33-63-45-24-21-42(22-25-45)43-23-26-46(44(32-43)16-14-31-62-51(58)38(2)3)64-34-53(37-67-52(59)39(4)5,35-65-49(56)29-27-47(54)60-6)36-66-50(57)30-28-48(55)61-7/h17-30,32H,2,4,8-16,31,33-37H2,1,3,5-7H3/b29-27+,30-28+. The fourth-order valence-corrected chi connectivity index (χ4v) is 6.24. The molecule has 0 bridgehead atoms. The lowest BCUT2D eigenvalue weighted by Gasteiger charge is -2.32. The number of aryl methyl sites for hydroxylation is 2. The zero-order valence-corrected chi connectivity index (χ0v) is 39.4. The fraction of sp³-hybridized carbons (Fsp3) is 0.396. The summed E-state index contributed by atoms with van der Waals surface area (Å²) >= 11 is 0. The molecule has 0 heterocycles. The van der Waals surface area contributed by atoms with Crippen molar-refractivity contribution in [3.8, 4) is 22.6 Å². The second kappa shape index (κ2) is 29.5. The number of unbranched alkanes of at least 4 members (excludes halogenated alkanes) is 5. The second-order valence-electron chi connectivity index (χ2n) is 16.1. The van der Waals surface area contributed by atoms with Crippen LogP contribution in [0.5, 0.6) is 11.5 Å². The van der Waals surface area contributed by atoms with Crippen LogP contribution < -0.4 is 9.47 Å². The van der Waals surface area contributed by atoms with Crippen molar-refractivity contribution < 1.29 is 66.7 Å². The van der Waals surface area contributed by atoms with Gasteiger partial charge >= 0.3 is 35.8 Å². The Kier molecular flexibility index (Phi) is 24.0. The minimum absolute atomic E-state index is 0.0688. The zero-order valence-electron chi connectivity index (χ0n) is 39.4. The van der Waals surface area contributed by atoms with Crippen molar-refractivity contribution in [2.45, 2.75) is 85.2 Å². The minimum Gasteiger partial charge on any atom is -0.492 e. The van der Waals surface area contributed by atoms with Crippen LogP contribution in [0.25, 0.3) is 11.1 Å². The largest absolute Gasteiger partial charge is 0.492 e. The van der Waals surface area contributed by atoms with Crippen molar-refractivity contribution >= 4 is 35.8 Å². The molecule has 0 amide bonds. The van der Waals surface area contributed by atoms with Gasteiger partial charge in [0.1, 0.15) is 49.9 Å². The maximum Gasteiger partial charge on any atom is 0.333 e. The lowest BCUT2D eigenvalue weighted by molar-refractivity contribution is -0.159. The summed E-state index contributed by atoms with van der Waals surface area (Å²) in [6, 6.07) is 21.8. The van der Waals surface area contributed by atoms with Crippen molar-refractivity contribution in [2.75, 3.05) is 47.3 Å². The number of benzene rings is 3. The molecule has 67 heavy (non-hydrogen) atoms. The Balaban J connectivity index is 1.88. The number of ether oxygens (including phenoxy) is 8. The maximum atomic E-state index is 12.7. The van der Waals surface area contributed by atoms with Crippen LogP contribution in [0.3, 0.4) is 0 Å². The lowest BCUT2D eigenvalue weighted by Crippen LogP contribution is -2.44. The van der Waals surface area contributed by atoms with Gasteiger partial charge in [0.15, 0.2) is 0 Å². The summed E-state index contributed by atoms with van der Waals surface area (Å²) in [7, 11) is 2.27. The molecule has 0 aliphatic rings. The highest BCUT2D eigenvalue weighted by molar-refractivity contribution is 5.92. The Morgan fingerprint density at radius 3 is 1.64 bits per heavy atom. The van der Waals surface area contributed by atoms with E-state index in [-0.39, 0.29) is 24.4 Å². The van der Waals surface area contributed by atoms with E-state index in [1.165, 1.54) is 51.0 Å². The highest BCUT2D eigenvalue weighted by Crippen LogP contribution is 2.32. The topological polar surface area (TPSA) is 176 Å². The smallest absolute Gasteiger partial charge is 0.333 e. The molecule has 14 heteroatoms. The first-order valence-electron chi connectivity index (χ1n) is 22.2. The van der Waals surface area contributed by atoms with Crippen LogP contribution in [0.1, 0.15) is 82.4 Å². The van der Waals surface area contributed by atoms with Crippen LogP contribution in [0.2, 0.25) is 0 Å². The third kappa shape index (κ3) is 20.8. The van der Waals surface area contributed by atoms with Crippen molar-refractivity contribution in [2.24, 2.45) is 5.41 Å². The lowest BCUT2D eigenvalue weighted by atomic mass is 9.91. The maximum absolute atomic E-state index is 12.7. The molecule has 0 saturated heterocycles. The monoisotopic (exact) mass is 924 g/mol. The first-order valence-corrected chi connectivity index (χ1v) is 22.2. The van der Waals surface area contributed by atoms with E-state index in [0.717, 1.165) is 61.6 Å². The molecule has 0 N–H and O–H groups in total. The van der Waals surface area contributed by atoms with Gasteiger partial charge in [0.25, 0.3) is 0 Å². The molecule has 0 radical (unpaired) electrons. The van der Waals surface area contributed by atoms with Gasteiger partial charge in [-0.3, -0.25) is 0 Å². The quantitative estimate of drug-likeness (QED) is 0.0268. The normalized spacial score (nSPS) is 11.1. The van der Waals surface area contributed by atoms with Crippen molar-refractivity contribution in [3.63, 3.8) is 0 Å². The number of hydrogen-bond acceptors (Lipinski definition) is 14. The van der Waals surface area contributed by atoms with Gasteiger partial charge < -0.3 is 37.9 Å². The molecular formula is C53H64O14. The highest BCUT2D eigenvalue weighted by Gasteiger charge is 2.37. The minimum atomic E-state index is -1.56. The molecule has 0 fully saturated rings. The summed E-state index contributed by atoms with van der Waals surface area (Å²) in [4.78, 5) is 73.6. The number of hydrogen-bond donors (Lipinski definition) is 0. The van der Waals surface area contributed by atoms with Crippen LogP contribution in [0, 0.1) is 5.41 Å². The van der Waals surface area contributed by atoms with Gasteiger partial charge in [-0.1, -0.05) is 94.7 Å². The Hall–Kier alpha value is -6.96. The Labute approximate surface area is 393 Å². The average molecular weight is 925 g/mol. The van der Waals surface area contributed by atoms with Gasteiger partial charge in [-0.2, -0.15) is 0 Å². The van der Waals surface area contributed by atoms with E-state index in [1.54, 1.807) is 13.0 Å². The van der Waals surface area contributed by atoms with E-state index in [1.807, 2.05) is 36.4 Å². The van der Waals surface area contributed by atoms with E-state index in [4.69, 9.17) is 28.4 Å². The first-order chi connectivity index (χ1) is 32.2. The van der Waals surface area contributed by atoms with Crippen LogP contribution in [0.15, 0.2) is 115 Å². The molecule has 14 nitrogen and oxygen atoms in total. The van der Waals surface area contributed by atoms with Gasteiger partial charge in [0, 0.05) is 35.5 Å². The van der Waals surface area contributed by atoms with Gasteiger partial charge in [0.2, 0.25) is 0 Å². The van der Waals surface area contributed by atoms with Crippen LogP contribution in [-0.4, -0.2) is 83.1 Å². The molecule has 0 aliphatic carbocycles. The molecule has 0 unspecified atom stereocenters. The predicted octanol–water partition coefficient (Wildman–Crippen LogP) is 8.92. The second-order valence-corrected chi connectivity index (χ2v) is 16.1. The predicted molar refractivity (Wildman–Crippen MR) is 252 cm³/mol. The third-order valence-electron chi connectivity index (χ3n) is 10.2. The molecule has 0 spiro atoms. The SMILES string of the molecule is C=C(C)C(=O)OCCCc1cc(-c2ccc(OCc3ccc(CCCCCCCC)cc3)cc2)ccc1OCC(COC(=O)/C=C/C(=O)OC)(COC(=O)/C=C/C(=O)OC)COC(=O)C(=C)C. The Morgan fingerprint density at radius 1 is 0.537 bits per heavy atom. The molecule has 0 aromatic heterocycles. The molecule has 0 aliphatic heterocycles. The molecule has 3 rings (SSSR count). The zero-order chi connectivity index (χ0) is 49.0. The third-order valence-corrected chi connectivity index (χ3v) is 10.2. The first kappa shape index (κ1) is 54.4. The number of esters is 6. The van der Waals surface area contributed by atoms with Crippen molar-refractivity contribution in [1.82, 2.24) is 0 Å². The molecule has 0 atom stereocenters. The number of methoxy groups -OCH3 is 2. The van der Waals surface area contributed by atoms with E-state index in [2.05, 4.69) is 53.8 Å². The van der Waals surface area contributed by atoms with Crippen LogP contribution in [0.4, 0.5) is 0 Å². The van der Waals surface area contributed by atoms with Gasteiger partial charge in [0.05, 0.1) is 20.8 Å². The number of carbonyl (C=O) groups excluding carboxylic acids is 6. The van der Waals surface area contributed by atoms with Gasteiger partial charge in [-0.15, -0.1) is 0 Å². The summed E-state index contributed by atoms with van der Waals surface area (Å²) in [6.45, 7) is 11.0.